The van der Waals surface area contributed by atoms with Crippen LogP contribution in [-0.4, -0.2) is 49.3 Å². The zero-order valence-electron chi connectivity index (χ0n) is 7.16. The quantitative estimate of drug-likeness (QED) is 0.609. The van der Waals surface area contributed by atoms with Crippen LogP contribution in [0.15, 0.2) is 0 Å². The molecule has 1 rings (SSSR count). The van der Waals surface area contributed by atoms with E-state index in [0.29, 0.717) is 6.04 Å². The van der Waals surface area contributed by atoms with Gasteiger partial charge in [-0.05, 0) is 19.9 Å². The minimum Gasteiger partial charge on any atom is -0.395 e. The van der Waals surface area contributed by atoms with E-state index in [9.17, 15) is 0 Å². The molecule has 0 saturated carbocycles. The van der Waals surface area contributed by atoms with Gasteiger partial charge < -0.3 is 10.0 Å². The first kappa shape index (κ1) is 8.97. The molecule has 1 saturated heterocycles. The third-order valence-electron chi connectivity index (χ3n) is 2.32. The Morgan fingerprint density at radius 2 is 2.09 bits per heavy atom. The van der Waals surface area contributed by atoms with Crippen LogP contribution in [0.5, 0.6) is 0 Å². The molecule has 3 nitrogen and oxygen atoms in total. The van der Waals surface area contributed by atoms with E-state index in [1.807, 2.05) is 0 Å². The van der Waals surface area contributed by atoms with Crippen molar-refractivity contribution in [1.29, 1.82) is 0 Å². The first-order valence-corrected chi connectivity index (χ1v) is 4.29. The molecule has 1 fully saturated rings. The number of nitrogens with zero attached hydrogens (tertiary/aromatic N) is 2. The van der Waals surface area contributed by atoms with Gasteiger partial charge in [0.2, 0.25) is 0 Å². The van der Waals surface area contributed by atoms with Crippen LogP contribution in [0, 0.1) is 0 Å². The first-order valence-electron chi connectivity index (χ1n) is 4.29. The van der Waals surface area contributed by atoms with Crippen molar-refractivity contribution in [1.82, 2.24) is 10.2 Å². The van der Waals surface area contributed by atoms with Crippen LogP contribution in [-0.2, 0) is 0 Å². The molecule has 11 heavy (non-hydrogen) atoms. The van der Waals surface area contributed by atoms with Crippen LogP contribution in [0.3, 0.4) is 0 Å². The van der Waals surface area contributed by atoms with Crippen molar-refractivity contribution >= 4 is 0 Å². The lowest BCUT2D eigenvalue weighted by Gasteiger charge is -2.30. The number of hydrogen-bond acceptors (Lipinski definition) is 2. The molecule has 1 N–H and O–H groups in total. The summed E-state index contributed by atoms with van der Waals surface area (Å²) in [6.07, 6.45) is 2.33. The molecule has 0 unspecified atom stereocenters. The summed E-state index contributed by atoms with van der Waals surface area (Å²) in [5, 5.41) is 13.0. The van der Waals surface area contributed by atoms with Crippen LogP contribution in [0.1, 0.15) is 12.8 Å². The standard InChI is InChI=1S/C8H17N2O/c1-10(6-7-11)8-2-4-9-5-3-8/h8,11H,2-7H2,1H3. The smallest absolute Gasteiger partial charge is 0.0558 e. The van der Waals surface area contributed by atoms with Crippen molar-refractivity contribution in [2.45, 2.75) is 18.9 Å². The normalized spacial score (nSPS) is 21.0. The minimum atomic E-state index is 0.268. The van der Waals surface area contributed by atoms with Crippen LogP contribution in [0.4, 0.5) is 0 Å². The number of aliphatic hydroxyl groups is 1. The summed E-state index contributed by atoms with van der Waals surface area (Å²) in [6.45, 7) is 3.07. The van der Waals surface area contributed by atoms with E-state index >= 15 is 0 Å². The lowest BCUT2D eigenvalue weighted by Crippen LogP contribution is -2.40. The second-order valence-corrected chi connectivity index (χ2v) is 3.11. The molecule has 1 heterocycles. The van der Waals surface area contributed by atoms with E-state index < -0.39 is 0 Å². The highest BCUT2D eigenvalue weighted by Gasteiger charge is 2.16. The maximum Gasteiger partial charge on any atom is 0.0558 e. The summed E-state index contributed by atoms with van der Waals surface area (Å²) in [6, 6.07) is 0.652. The Morgan fingerprint density at radius 1 is 1.45 bits per heavy atom. The lowest BCUT2D eigenvalue weighted by atomic mass is 10.1. The highest BCUT2D eigenvalue weighted by molar-refractivity contribution is 4.74. The van der Waals surface area contributed by atoms with Gasteiger partial charge in [0.1, 0.15) is 0 Å². The lowest BCUT2D eigenvalue weighted by molar-refractivity contribution is 0.156. The molecule has 0 aromatic heterocycles. The SMILES string of the molecule is CN(CCO)C1CC[N]CC1. The Hall–Kier alpha value is -0.120. The third kappa shape index (κ3) is 2.77. The fraction of sp³-hybridized carbons (Fsp3) is 1.00. The maximum atomic E-state index is 8.70. The molecule has 1 aliphatic rings. The molecule has 0 amide bonds. The number of rotatable bonds is 3. The highest BCUT2D eigenvalue weighted by Crippen LogP contribution is 2.09. The van der Waals surface area contributed by atoms with Gasteiger partial charge in [-0.1, -0.05) is 0 Å². The van der Waals surface area contributed by atoms with Crippen molar-refractivity contribution < 1.29 is 5.11 Å². The van der Waals surface area contributed by atoms with E-state index in [1.54, 1.807) is 0 Å². The summed E-state index contributed by atoms with van der Waals surface area (Å²) in [5.74, 6) is 0. The van der Waals surface area contributed by atoms with Gasteiger partial charge in [0.15, 0.2) is 0 Å². The van der Waals surface area contributed by atoms with Crippen molar-refractivity contribution in [2.24, 2.45) is 0 Å². The van der Waals surface area contributed by atoms with Gasteiger partial charge in [-0.15, -0.1) is 0 Å². The van der Waals surface area contributed by atoms with Gasteiger partial charge in [-0.2, -0.15) is 0 Å². The largest absolute Gasteiger partial charge is 0.395 e. The molecule has 0 aromatic rings. The average Bonchev–Trinajstić information content (AvgIpc) is 2.07. The Labute approximate surface area is 68.4 Å². The molecule has 1 radical (unpaired) electrons. The van der Waals surface area contributed by atoms with Gasteiger partial charge in [-0.3, -0.25) is 0 Å². The van der Waals surface area contributed by atoms with Crippen molar-refractivity contribution in [2.75, 3.05) is 33.3 Å². The Balaban J connectivity index is 2.21. The third-order valence-corrected chi connectivity index (χ3v) is 2.32. The zero-order chi connectivity index (χ0) is 8.10. The maximum absolute atomic E-state index is 8.70. The van der Waals surface area contributed by atoms with E-state index in [-0.39, 0.29) is 6.61 Å². The van der Waals surface area contributed by atoms with Crippen LogP contribution in [0.2, 0.25) is 0 Å². The molecule has 0 spiro atoms. The zero-order valence-corrected chi connectivity index (χ0v) is 7.16. The minimum absolute atomic E-state index is 0.268. The molecule has 3 heteroatoms. The topological polar surface area (TPSA) is 37.6 Å². The summed E-state index contributed by atoms with van der Waals surface area (Å²) in [4.78, 5) is 2.23. The van der Waals surface area contributed by atoms with Crippen molar-refractivity contribution in [3.05, 3.63) is 0 Å². The molecule has 1 aliphatic heterocycles. The second-order valence-electron chi connectivity index (χ2n) is 3.11. The number of aliphatic hydroxyl groups excluding tert-OH is 1. The van der Waals surface area contributed by atoms with E-state index in [1.165, 1.54) is 0 Å². The van der Waals surface area contributed by atoms with Gasteiger partial charge in [-0.25, -0.2) is 5.32 Å². The molecule has 0 aromatic carbocycles. The second kappa shape index (κ2) is 4.70. The van der Waals surface area contributed by atoms with Gasteiger partial charge in [0.05, 0.1) is 6.61 Å². The summed E-state index contributed by atoms with van der Waals surface area (Å²) in [5.41, 5.74) is 0. The molecule has 65 valence electrons. The van der Waals surface area contributed by atoms with Gasteiger partial charge >= 0.3 is 0 Å². The van der Waals surface area contributed by atoms with Gasteiger partial charge in [0.25, 0.3) is 0 Å². The van der Waals surface area contributed by atoms with E-state index in [4.69, 9.17) is 5.11 Å². The van der Waals surface area contributed by atoms with E-state index in [2.05, 4.69) is 17.3 Å². The number of hydrogen-bond donors (Lipinski definition) is 1. The van der Waals surface area contributed by atoms with Crippen LogP contribution < -0.4 is 5.32 Å². The molecule has 0 bridgehead atoms. The van der Waals surface area contributed by atoms with E-state index in [0.717, 1.165) is 32.5 Å². The number of piperidine rings is 1. The number of likely N-dealkylation sites (N-methyl/N-ethyl adjacent to an activating group) is 1. The molecule has 0 aliphatic carbocycles. The Kier molecular flexibility index (Phi) is 3.83. The van der Waals surface area contributed by atoms with Crippen LogP contribution in [0.25, 0.3) is 0 Å². The highest BCUT2D eigenvalue weighted by atomic mass is 16.3. The fourth-order valence-corrected chi connectivity index (χ4v) is 1.52. The summed E-state index contributed by atoms with van der Waals surface area (Å²) in [7, 11) is 2.08. The molecule has 0 atom stereocenters. The van der Waals surface area contributed by atoms with Crippen molar-refractivity contribution in [3.8, 4) is 0 Å². The molecular weight excluding hydrogens is 140 g/mol. The van der Waals surface area contributed by atoms with Crippen LogP contribution >= 0.6 is 0 Å². The Morgan fingerprint density at radius 3 is 2.64 bits per heavy atom. The predicted molar refractivity (Wildman–Crippen MR) is 44.6 cm³/mol. The molecular formula is C8H17N2O. The first-order chi connectivity index (χ1) is 5.34. The Bertz CT molecular complexity index is 102. The van der Waals surface area contributed by atoms with Crippen molar-refractivity contribution in [3.63, 3.8) is 0 Å². The monoisotopic (exact) mass is 157 g/mol. The summed E-state index contributed by atoms with van der Waals surface area (Å²) >= 11 is 0. The fourth-order valence-electron chi connectivity index (χ4n) is 1.52. The predicted octanol–water partition coefficient (Wildman–Crippen LogP) is -0.323. The average molecular weight is 157 g/mol. The van der Waals surface area contributed by atoms with Gasteiger partial charge in [0, 0.05) is 25.7 Å². The summed E-state index contributed by atoms with van der Waals surface area (Å²) < 4.78 is 0.